The van der Waals surface area contributed by atoms with Crippen molar-refractivity contribution >= 4 is 63.0 Å². The van der Waals surface area contributed by atoms with E-state index < -0.39 is 0 Å². The van der Waals surface area contributed by atoms with Crippen molar-refractivity contribution in [3.05, 3.63) is 68.7 Å². The molecule has 2 aromatic carbocycles. The predicted octanol–water partition coefficient (Wildman–Crippen LogP) is 6.45. The normalized spacial score (nSPS) is 10.8. The third-order valence-electron chi connectivity index (χ3n) is 3.41. The van der Waals surface area contributed by atoms with Crippen LogP contribution in [0.4, 0.5) is 5.13 Å². The monoisotopic (exact) mass is 429 g/mol. The van der Waals surface area contributed by atoms with Crippen molar-refractivity contribution < 1.29 is 0 Å². The highest BCUT2D eigenvalue weighted by molar-refractivity contribution is 8.00. The number of halogens is 3. The Kier molecular flexibility index (Phi) is 6.84. The van der Waals surface area contributed by atoms with E-state index in [1.165, 1.54) is 16.9 Å². The fraction of sp³-hybridized carbons (Fsp3) is 0.176. The lowest BCUT2D eigenvalue weighted by molar-refractivity contribution is 0.972. The molecule has 1 aromatic heterocycles. The fourth-order valence-corrected chi connectivity index (χ4v) is 4.75. The van der Waals surface area contributed by atoms with E-state index in [1.807, 2.05) is 42.5 Å². The van der Waals surface area contributed by atoms with Crippen LogP contribution in [0, 0.1) is 0 Å². The quantitative estimate of drug-likeness (QED) is 0.437. The number of hydrogen-bond acceptors (Lipinski definition) is 5. The standard InChI is InChI=1S/C17H14Cl3N3S2/c18-12-6-4-11(5-7-12)8-9-21-16-22-23-17(25-16)24-10-13-14(19)2-1-3-15(13)20/h1-7H,8-10H2,(H,21,22). The van der Waals surface area contributed by atoms with Crippen molar-refractivity contribution in [2.24, 2.45) is 0 Å². The summed E-state index contributed by atoms with van der Waals surface area (Å²) in [5.41, 5.74) is 2.15. The van der Waals surface area contributed by atoms with Gasteiger partial charge >= 0.3 is 0 Å². The smallest absolute Gasteiger partial charge is 0.206 e. The highest BCUT2D eigenvalue weighted by Crippen LogP contribution is 2.33. The van der Waals surface area contributed by atoms with Crippen molar-refractivity contribution in [1.82, 2.24) is 10.2 Å². The van der Waals surface area contributed by atoms with Gasteiger partial charge in [0.15, 0.2) is 4.34 Å². The Hall–Kier alpha value is -0.980. The Morgan fingerprint density at radius 2 is 1.68 bits per heavy atom. The van der Waals surface area contributed by atoms with E-state index >= 15 is 0 Å². The summed E-state index contributed by atoms with van der Waals surface area (Å²) in [5, 5.41) is 14.6. The highest BCUT2D eigenvalue weighted by atomic mass is 35.5. The average molecular weight is 431 g/mol. The third kappa shape index (κ3) is 5.50. The molecule has 1 N–H and O–H groups in total. The maximum atomic E-state index is 6.19. The Bertz CT molecular complexity index is 817. The first kappa shape index (κ1) is 18.8. The van der Waals surface area contributed by atoms with Gasteiger partial charge in [0.25, 0.3) is 0 Å². The van der Waals surface area contributed by atoms with E-state index in [1.54, 1.807) is 11.8 Å². The zero-order chi connectivity index (χ0) is 17.6. The van der Waals surface area contributed by atoms with Crippen LogP contribution >= 0.6 is 57.9 Å². The number of benzene rings is 2. The summed E-state index contributed by atoms with van der Waals surface area (Å²) in [6, 6.07) is 13.4. The molecule has 0 radical (unpaired) electrons. The van der Waals surface area contributed by atoms with E-state index in [2.05, 4.69) is 15.5 Å². The summed E-state index contributed by atoms with van der Waals surface area (Å²) in [5.74, 6) is 0.665. The Labute approximate surface area is 169 Å². The van der Waals surface area contributed by atoms with Gasteiger partial charge < -0.3 is 5.32 Å². The van der Waals surface area contributed by atoms with E-state index in [4.69, 9.17) is 34.8 Å². The van der Waals surface area contributed by atoms with Gasteiger partial charge in [0, 0.05) is 27.4 Å². The number of thioether (sulfide) groups is 1. The van der Waals surface area contributed by atoms with Crippen LogP contribution in [0.25, 0.3) is 0 Å². The molecule has 0 bridgehead atoms. The van der Waals surface area contributed by atoms with Gasteiger partial charge in [-0.15, -0.1) is 10.2 Å². The van der Waals surface area contributed by atoms with Crippen LogP contribution in [-0.2, 0) is 12.2 Å². The van der Waals surface area contributed by atoms with Crippen LogP contribution in [0.15, 0.2) is 46.8 Å². The molecule has 130 valence electrons. The molecule has 0 amide bonds. The molecular formula is C17H14Cl3N3S2. The van der Waals surface area contributed by atoms with Crippen molar-refractivity contribution in [3.8, 4) is 0 Å². The molecular weight excluding hydrogens is 417 g/mol. The van der Waals surface area contributed by atoms with Crippen LogP contribution in [0.3, 0.4) is 0 Å². The van der Waals surface area contributed by atoms with Crippen molar-refractivity contribution in [2.75, 3.05) is 11.9 Å². The van der Waals surface area contributed by atoms with Crippen LogP contribution in [-0.4, -0.2) is 16.7 Å². The molecule has 3 nitrogen and oxygen atoms in total. The molecule has 0 spiro atoms. The van der Waals surface area contributed by atoms with Crippen molar-refractivity contribution in [2.45, 2.75) is 16.5 Å². The zero-order valence-electron chi connectivity index (χ0n) is 13.0. The Balaban J connectivity index is 1.49. The van der Waals surface area contributed by atoms with E-state index in [0.717, 1.165) is 33.0 Å². The molecule has 0 saturated carbocycles. The Morgan fingerprint density at radius 3 is 2.40 bits per heavy atom. The predicted molar refractivity (Wildman–Crippen MR) is 110 cm³/mol. The SMILES string of the molecule is Clc1ccc(CCNc2nnc(SCc3c(Cl)cccc3Cl)s2)cc1. The third-order valence-corrected chi connectivity index (χ3v) is 6.41. The molecule has 0 aliphatic carbocycles. The van der Waals surface area contributed by atoms with Crippen LogP contribution in [0.2, 0.25) is 15.1 Å². The number of hydrogen-bond donors (Lipinski definition) is 1. The molecule has 0 atom stereocenters. The van der Waals surface area contributed by atoms with Crippen molar-refractivity contribution in [1.29, 1.82) is 0 Å². The lowest BCUT2D eigenvalue weighted by atomic mass is 10.1. The number of nitrogens with zero attached hydrogens (tertiary/aromatic N) is 2. The summed E-state index contributed by atoms with van der Waals surface area (Å²) < 4.78 is 0.880. The van der Waals surface area contributed by atoms with Gasteiger partial charge in [-0.05, 0) is 41.8 Å². The van der Waals surface area contributed by atoms with Gasteiger partial charge in [0.05, 0.1) is 0 Å². The topological polar surface area (TPSA) is 37.8 Å². The van der Waals surface area contributed by atoms with Gasteiger partial charge in [-0.2, -0.15) is 0 Å². The number of anilines is 1. The zero-order valence-corrected chi connectivity index (χ0v) is 16.9. The summed E-state index contributed by atoms with van der Waals surface area (Å²) in [6.07, 6.45) is 0.897. The first-order valence-corrected chi connectivity index (χ1v) is 10.4. The van der Waals surface area contributed by atoms with Gasteiger partial charge in [0.1, 0.15) is 0 Å². The number of nitrogens with one attached hydrogen (secondary N) is 1. The van der Waals surface area contributed by atoms with Crippen LogP contribution in [0.5, 0.6) is 0 Å². The summed E-state index contributed by atoms with van der Waals surface area (Å²) in [7, 11) is 0. The maximum Gasteiger partial charge on any atom is 0.206 e. The highest BCUT2D eigenvalue weighted by Gasteiger charge is 2.09. The lowest BCUT2D eigenvalue weighted by Gasteiger charge is -2.04. The minimum atomic E-state index is 0.665. The molecule has 0 aliphatic rings. The molecule has 1 heterocycles. The molecule has 3 aromatic rings. The largest absolute Gasteiger partial charge is 0.360 e. The van der Waals surface area contributed by atoms with Crippen LogP contribution < -0.4 is 5.32 Å². The van der Waals surface area contributed by atoms with Gasteiger partial charge in [-0.1, -0.05) is 76.1 Å². The summed E-state index contributed by atoms with van der Waals surface area (Å²) in [6.45, 7) is 0.789. The van der Waals surface area contributed by atoms with Crippen LogP contribution in [0.1, 0.15) is 11.1 Å². The second-order valence-corrected chi connectivity index (χ2v) is 8.62. The number of rotatable bonds is 7. The molecule has 0 saturated heterocycles. The maximum absolute atomic E-state index is 6.19. The first-order chi connectivity index (χ1) is 12.1. The summed E-state index contributed by atoms with van der Waals surface area (Å²) >= 11 is 21.4. The number of aromatic nitrogens is 2. The second kappa shape index (κ2) is 9.10. The van der Waals surface area contributed by atoms with E-state index in [-0.39, 0.29) is 0 Å². The second-order valence-electron chi connectivity index (χ2n) is 5.17. The van der Waals surface area contributed by atoms with Gasteiger partial charge in [0.2, 0.25) is 5.13 Å². The Morgan fingerprint density at radius 1 is 0.960 bits per heavy atom. The van der Waals surface area contributed by atoms with Crippen molar-refractivity contribution in [3.63, 3.8) is 0 Å². The molecule has 0 fully saturated rings. The molecule has 0 aliphatic heterocycles. The average Bonchev–Trinajstić information content (AvgIpc) is 3.04. The summed E-state index contributed by atoms with van der Waals surface area (Å²) in [4.78, 5) is 0. The lowest BCUT2D eigenvalue weighted by Crippen LogP contribution is -2.04. The molecule has 0 unspecified atom stereocenters. The first-order valence-electron chi connectivity index (χ1n) is 7.49. The fourth-order valence-electron chi connectivity index (χ4n) is 2.11. The van der Waals surface area contributed by atoms with Gasteiger partial charge in [-0.3, -0.25) is 0 Å². The molecule has 25 heavy (non-hydrogen) atoms. The van der Waals surface area contributed by atoms with Gasteiger partial charge in [-0.25, -0.2) is 0 Å². The van der Waals surface area contributed by atoms with E-state index in [9.17, 15) is 0 Å². The molecule has 3 rings (SSSR count). The minimum absolute atomic E-state index is 0.665. The molecule has 8 heteroatoms. The minimum Gasteiger partial charge on any atom is -0.360 e. The van der Waals surface area contributed by atoms with E-state index in [0.29, 0.717) is 15.8 Å².